The molecule has 0 spiro atoms. The second-order valence-corrected chi connectivity index (χ2v) is 15.0. The molecule has 0 fully saturated rings. The molecule has 1 N–H and O–H groups in total. The Bertz CT molecular complexity index is 1540. The summed E-state index contributed by atoms with van der Waals surface area (Å²) in [5.41, 5.74) is 2.34. The minimum Gasteiger partial charge on any atom is -0.444 e. The van der Waals surface area contributed by atoms with Crippen molar-refractivity contribution in [2.75, 3.05) is 30.3 Å². The van der Waals surface area contributed by atoms with Crippen molar-refractivity contribution in [1.29, 1.82) is 0 Å². The molecule has 3 amide bonds. The predicted octanol–water partition coefficient (Wildman–Crippen LogP) is 7.26. The second-order valence-electron chi connectivity index (χ2n) is 13.9. The normalized spacial score (nSPS) is 13.0. The molecule has 256 valence electrons. The third kappa shape index (κ3) is 10.6. The van der Waals surface area contributed by atoms with E-state index in [0.29, 0.717) is 23.3 Å². The number of benzene rings is 1. The van der Waals surface area contributed by atoms with Crippen molar-refractivity contribution in [2.45, 2.75) is 110 Å². The number of anilines is 1. The first-order chi connectivity index (χ1) is 22.2. The highest BCUT2D eigenvalue weighted by molar-refractivity contribution is 7.99. The second kappa shape index (κ2) is 15.9. The van der Waals surface area contributed by atoms with Gasteiger partial charge in [-0.2, -0.15) is 5.10 Å². The van der Waals surface area contributed by atoms with Crippen molar-refractivity contribution in [3.63, 3.8) is 0 Å². The lowest BCUT2D eigenvalue weighted by Crippen LogP contribution is -2.42. The fourth-order valence-electron chi connectivity index (χ4n) is 5.25. The molecule has 0 aliphatic carbocycles. The average molecular weight is 667 g/mol. The topological polar surface area (TPSA) is 118 Å². The molecule has 1 aliphatic rings. The molecule has 3 aromatic rings. The van der Waals surface area contributed by atoms with Crippen LogP contribution in [0, 0.1) is 0 Å². The Labute approximate surface area is 282 Å². The summed E-state index contributed by atoms with van der Waals surface area (Å²) in [4.78, 5) is 48.0. The summed E-state index contributed by atoms with van der Waals surface area (Å²) in [6, 6.07) is 6.39. The van der Waals surface area contributed by atoms with E-state index in [1.807, 2.05) is 16.7 Å². The molecule has 11 nitrogen and oxygen atoms in total. The van der Waals surface area contributed by atoms with Crippen molar-refractivity contribution in [3.05, 3.63) is 53.5 Å². The van der Waals surface area contributed by atoms with Gasteiger partial charge in [0, 0.05) is 48.2 Å². The van der Waals surface area contributed by atoms with Crippen LogP contribution in [0.1, 0.15) is 102 Å². The zero-order chi connectivity index (χ0) is 34.2. The highest BCUT2D eigenvalue weighted by Gasteiger charge is 2.29. The molecule has 4 rings (SSSR count). The maximum Gasteiger partial charge on any atom is 0.410 e. The van der Waals surface area contributed by atoms with Crippen LogP contribution >= 0.6 is 11.8 Å². The Morgan fingerprint density at radius 2 is 1.74 bits per heavy atom. The van der Waals surface area contributed by atoms with Crippen molar-refractivity contribution < 1.29 is 23.9 Å². The number of unbranched alkanes of at least 4 members (excludes halogenated alkanes) is 4. The molecule has 12 heteroatoms. The smallest absolute Gasteiger partial charge is 0.410 e. The maximum absolute atomic E-state index is 13.7. The van der Waals surface area contributed by atoms with Gasteiger partial charge in [-0.05, 0) is 83.9 Å². The number of nitrogens with one attached hydrogen (secondary N) is 1. The number of alkyl carbamates (subject to hydrolysis) is 1. The van der Waals surface area contributed by atoms with Crippen LogP contribution in [-0.2, 0) is 22.4 Å². The van der Waals surface area contributed by atoms with Gasteiger partial charge in [-0.1, -0.05) is 32.6 Å². The van der Waals surface area contributed by atoms with Crippen molar-refractivity contribution in [1.82, 2.24) is 24.8 Å². The van der Waals surface area contributed by atoms with Crippen LogP contribution in [0.4, 0.5) is 15.3 Å². The van der Waals surface area contributed by atoms with Crippen LogP contribution in [0.3, 0.4) is 0 Å². The molecule has 0 saturated heterocycles. The fraction of sp³-hybridized carbons (Fsp3) is 0.571. The number of carbonyl (C=O) groups excluding carboxylic acids is 3. The van der Waals surface area contributed by atoms with E-state index >= 15 is 0 Å². The van der Waals surface area contributed by atoms with Crippen LogP contribution in [0.5, 0.6) is 0 Å². The van der Waals surface area contributed by atoms with Crippen LogP contribution in [0.25, 0.3) is 5.65 Å². The Morgan fingerprint density at radius 1 is 1.00 bits per heavy atom. The average Bonchev–Trinajstić information content (AvgIpc) is 3.60. The largest absolute Gasteiger partial charge is 0.444 e. The molecule has 3 heterocycles. The molecule has 0 radical (unpaired) electrons. The van der Waals surface area contributed by atoms with Crippen LogP contribution in [0.2, 0.25) is 0 Å². The van der Waals surface area contributed by atoms with Crippen molar-refractivity contribution >= 4 is 41.2 Å². The first-order valence-corrected chi connectivity index (χ1v) is 17.6. The number of nitrogens with zero attached hydrogens (tertiary/aromatic N) is 5. The van der Waals surface area contributed by atoms with E-state index in [4.69, 9.17) is 9.47 Å². The number of carbonyl (C=O) groups is 3. The Kier molecular flexibility index (Phi) is 12.2. The SMILES string of the molecule is CCCCCCCSc1ccc2c(c1)CCN2C(=O)c1cnn2cc(CN(CCNC(=O)OC(C)(C)C)C(=O)OC(C)(C)C)cnc12. The molecule has 2 aromatic heterocycles. The molecule has 0 unspecified atom stereocenters. The lowest BCUT2D eigenvalue weighted by molar-refractivity contribution is 0.0224. The third-order valence-corrected chi connectivity index (χ3v) is 8.50. The monoisotopic (exact) mass is 666 g/mol. The number of hydrogen-bond acceptors (Lipinski definition) is 8. The van der Waals surface area contributed by atoms with Gasteiger partial charge in [0.1, 0.15) is 16.8 Å². The Balaban J connectivity index is 1.42. The minimum absolute atomic E-state index is 0.140. The third-order valence-electron chi connectivity index (χ3n) is 7.42. The highest BCUT2D eigenvalue weighted by atomic mass is 32.2. The Hall–Kier alpha value is -3.80. The quantitative estimate of drug-likeness (QED) is 0.150. The van der Waals surface area contributed by atoms with E-state index in [2.05, 4.69) is 40.5 Å². The molecule has 0 saturated carbocycles. The highest BCUT2D eigenvalue weighted by Crippen LogP contribution is 2.33. The lowest BCUT2D eigenvalue weighted by atomic mass is 10.2. The number of rotatable bonds is 13. The Morgan fingerprint density at radius 3 is 2.47 bits per heavy atom. The molecular formula is C35H50N6O5S. The van der Waals surface area contributed by atoms with Crippen LogP contribution in [-0.4, -0.2) is 74.2 Å². The van der Waals surface area contributed by atoms with Crippen molar-refractivity contribution in [3.8, 4) is 0 Å². The van der Waals surface area contributed by atoms with Gasteiger partial charge < -0.3 is 24.6 Å². The van der Waals surface area contributed by atoms with E-state index in [-0.39, 0.29) is 25.5 Å². The van der Waals surface area contributed by atoms with Gasteiger partial charge in [0.2, 0.25) is 0 Å². The van der Waals surface area contributed by atoms with Gasteiger partial charge in [-0.3, -0.25) is 4.79 Å². The number of fused-ring (bicyclic) bond motifs is 2. The van der Waals surface area contributed by atoms with Gasteiger partial charge in [-0.15, -0.1) is 11.8 Å². The summed E-state index contributed by atoms with van der Waals surface area (Å²) in [5, 5.41) is 7.11. The van der Waals surface area contributed by atoms with Crippen LogP contribution < -0.4 is 10.2 Å². The van der Waals surface area contributed by atoms with Gasteiger partial charge >= 0.3 is 12.2 Å². The summed E-state index contributed by atoms with van der Waals surface area (Å²) in [6.07, 6.45) is 11.0. The fourth-order valence-corrected chi connectivity index (χ4v) is 6.23. The van der Waals surface area contributed by atoms with E-state index in [0.717, 1.165) is 17.9 Å². The van der Waals surface area contributed by atoms with Gasteiger partial charge in [0.15, 0.2) is 5.65 Å². The van der Waals surface area contributed by atoms with Crippen LogP contribution in [0.15, 0.2) is 41.7 Å². The van der Waals surface area contributed by atoms with E-state index in [9.17, 15) is 14.4 Å². The molecule has 1 aromatic carbocycles. The summed E-state index contributed by atoms with van der Waals surface area (Å²) in [6.45, 7) is 14.1. The maximum atomic E-state index is 13.7. The zero-order valence-corrected chi connectivity index (χ0v) is 29.7. The number of aromatic nitrogens is 3. The summed E-state index contributed by atoms with van der Waals surface area (Å²) in [7, 11) is 0. The number of thioether (sulfide) groups is 1. The number of ether oxygens (including phenoxy) is 2. The van der Waals surface area contributed by atoms with Crippen molar-refractivity contribution in [2.24, 2.45) is 0 Å². The first-order valence-electron chi connectivity index (χ1n) is 16.6. The van der Waals surface area contributed by atoms with Gasteiger partial charge in [0.05, 0.1) is 12.7 Å². The van der Waals surface area contributed by atoms with E-state index in [1.54, 1.807) is 64.6 Å². The van der Waals surface area contributed by atoms with Gasteiger partial charge in [0.25, 0.3) is 5.91 Å². The molecule has 47 heavy (non-hydrogen) atoms. The molecule has 0 bridgehead atoms. The standard InChI is InChI=1S/C35H50N6O5S/c1-8-9-10-11-12-19-47-27-13-14-29-26(20-27)15-17-40(29)31(42)28-22-38-41-24-25(21-37-30(28)41)23-39(33(44)46-35(5,6)7)18-16-36-32(43)45-34(2,3)4/h13-14,20-22,24H,8-12,15-19,23H2,1-7H3,(H,36,43). The number of hydrogen-bond donors (Lipinski definition) is 1. The minimum atomic E-state index is -0.699. The van der Waals surface area contributed by atoms with E-state index < -0.39 is 23.4 Å². The summed E-state index contributed by atoms with van der Waals surface area (Å²) in [5.74, 6) is 0.971. The zero-order valence-electron chi connectivity index (χ0n) is 28.9. The lowest BCUT2D eigenvalue weighted by Gasteiger charge is -2.27. The first kappa shape index (κ1) is 36.0. The van der Waals surface area contributed by atoms with Gasteiger partial charge in [-0.25, -0.2) is 19.1 Å². The predicted molar refractivity (Wildman–Crippen MR) is 185 cm³/mol. The summed E-state index contributed by atoms with van der Waals surface area (Å²) >= 11 is 1.89. The molecule has 1 aliphatic heterocycles. The summed E-state index contributed by atoms with van der Waals surface area (Å²) < 4.78 is 12.5. The molecule has 0 atom stereocenters. The molecular weight excluding hydrogens is 616 g/mol. The number of amides is 3. The van der Waals surface area contributed by atoms with E-state index in [1.165, 1.54) is 47.5 Å².